The zero-order valence-corrected chi connectivity index (χ0v) is 8.45. The van der Waals surface area contributed by atoms with Crippen molar-refractivity contribution < 1.29 is 9.63 Å². The lowest BCUT2D eigenvalue weighted by Crippen LogP contribution is -1.91. The lowest BCUT2D eigenvalue weighted by molar-refractivity contribution is 0.109. The van der Waals surface area contributed by atoms with Gasteiger partial charge in [0.1, 0.15) is 7.11 Å². The molecule has 72 valence electrons. The molecule has 4 heteroatoms. The Kier molecular flexibility index (Phi) is 2.54. The zero-order chi connectivity index (χ0) is 9.97. The van der Waals surface area contributed by atoms with Crippen molar-refractivity contribution >= 4 is 23.1 Å². The van der Waals surface area contributed by atoms with Gasteiger partial charge in [-0.15, -0.1) is 0 Å². The molecule has 0 amide bonds. The highest BCUT2D eigenvalue weighted by Crippen LogP contribution is 2.39. The highest BCUT2D eigenvalue weighted by atomic mass is 32.2. The summed E-state index contributed by atoms with van der Waals surface area (Å²) in [6, 6.07) is 7.57. The minimum absolute atomic E-state index is 0.00125. The largest absolute Gasteiger partial charge is 0.399 e. The van der Waals surface area contributed by atoms with Gasteiger partial charge in [0.05, 0.1) is 11.5 Å². The average Bonchev–Trinajstić information content (AvgIpc) is 2.54. The fourth-order valence-electron chi connectivity index (χ4n) is 1.40. The van der Waals surface area contributed by atoms with Crippen molar-refractivity contribution in [2.45, 2.75) is 5.25 Å². The molecule has 0 aromatic heterocycles. The SMILES string of the molecule is CO/N=C\[C@@H]1SC(=O)c2ccccc21. The first-order valence-electron chi connectivity index (χ1n) is 4.19. The maximum Gasteiger partial charge on any atom is 0.220 e. The minimum Gasteiger partial charge on any atom is -0.399 e. The molecule has 1 aromatic rings. The quantitative estimate of drug-likeness (QED) is 0.551. The smallest absolute Gasteiger partial charge is 0.220 e. The van der Waals surface area contributed by atoms with E-state index in [-0.39, 0.29) is 10.4 Å². The number of carbonyl (C=O) groups is 1. The highest BCUT2D eigenvalue weighted by molar-refractivity contribution is 8.15. The molecule has 0 bridgehead atoms. The highest BCUT2D eigenvalue weighted by Gasteiger charge is 2.28. The normalized spacial score (nSPS) is 20.1. The van der Waals surface area contributed by atoms with Crippen molar-refractivity contribution in [3.8, 4) is 0 Å². The molecule has 1 heterocycles. The number of hydrogen-bond acceptors (Lipinski definition) is 4. The molecule has 0 fully saturated rings. The van der Waals surface area contributed by atoms with Crippen LogP contribution in [0.3, 0.4) is 0 Å². The van der Waals surface area contributed by atoms with Gasteiger partial charge < -0.3 is 4.84 Å². The predicted octanol–water partition coefficient (Wildman–Crippen LogP) is 2.25. The van der Waals surface area contributed by atoms with Crippen LogP contribution in [0.2, 0.25) is 0 Å². The first kappa shape index (κ1) is 9.27. The van der Waals surface area contributed by atoms with Gasteiger partial charge in [-0.05, 0) is 5.56 Å². The molecule has 0 saturated carbocycles. The Morgan fingerprint density at radius 1 is 1.50 bits per heavy atom. The van der Waals surface area contributed by atoms with Gasteiger partial charge in [-0.2, -0.15) is 0 Å². The Labute approximate surface area is 86.1 Å². The zero-order valence-electron chi connectivity index (χ0n) is 7.64. The van der Waals surface area contributed by atoms with Crippen LogP contribution in [0.4, 0.5) is 0 Å². The third-order valence-electron chi connectivity index (χ3n) is 2.02. The fourth-order valence-corrected chi connectivity index (χ4v) is 2.39. The number of rotatable bonds is 2. The first-order chi connectivity index (χ1) is 6.83. The Hall–Kier alpha value is -1.29. The second-order valence-electron chi connectivity index (χ2n) is 2.85. The van der Waals surface area contributed by atoms with Gasteiger partial charge in [0.25, 0.3) is 0 Å². The van der Waals surface area contributed by atoms with Gasteiger partial charge in [-0.1, -0.05) is 41.2 Å². The van der Waals surface area contributed by atoms with Gasteiger partial charge in [0, 0.05) is 5.56 Å². The van der Waals surface area contributed by atoms with Gasteiger partial charge in [0.15, 0.2) is 0 Å². The number of nitrogens with zero attached hydrogens (tertiary/aromatic N) is 1. The monoisotopic (exact) mass is 207 g/mol. The van der Waals surface area contributed by atoms with Crippen LogP contribution in [0.5, 0.6) is 0 Å². The van der Waals surface area contributed by atoms with Gasteiger partial charge in [-0.25, -0.2) is 0 Å². The average molecular weight is 207 g/mol. The van der Waals surface area contributed by atoms with E-state index < -0.39 is 0 Å². The Morgan fingerprint density at radius 3 is 3.07 bits per heavy atom. The van der Waals surface area contributed by atoms with E-state index >= 15 is 0 Å². The minimum atomic E-state index is -0.00125. The van der Waals surface area contributed by atoms with Crippen LogP contribution in [0.25, 0.3) is 0 Å². The van der Waals surface area contributed by atoms with E-state index in [9.17, 15) is 4.79 Å². The molecule has 3 nitrogen and oxygen atoms in total. The molecule has 0 unspecified atom stereocenters. The topological polar surface area (TPSA) is 38.7 Å². The van der Waals surface area contributed by atoms with Crippen LogP contribution >= 0.6 is 11.8 Å². The molecular formula is C10H9NO2S. The molecule has 0 saturated heterocycles. The second-order valence-corrected chi connectivity index (χ2v) is 3.96. The van der Waals surface area contributed by atoms with E-state index in [4.69, 9.17) is 0 Å². The summed E-state index contributed by atoms with van der Waals surface area (Å²) in [7, 11) is 1.49. The number of carbonyl (C=O) groups excluding carboxylic acids is 1. The Morgan fingerprint density at radius 2 is 2.29 bits per heavy atom. The lowest BCUT2D eigenvalue weighted by Gasteiger charge is -2.00. The van der Waals surface area contributed by atoms with Gasteiger partial charge >= 0.3 is 0 Å². The van der Waals surface area contributed by atoms with E-state index in [2.05, 4.69) is 9.99 Å². The van der Waals surface area contributed by atoms with Crippen LogP contribution in [0.15, 0.2) is 29.4 Å². The van der Waals surface area contributed by atoms with Crippen molar-refractivity contribution in [3.05, 3.63) is 35.4 Å². The summed E-state index contributed by atoms with van der Waals surface area (Å²) in [5.74, 6) is 0. The van der Waals surface area contributed by atoms with Crippen molar-refractivity contribution in [1.82, 2.24) is 0 Å². The molecule has 14 heavy (non-hydrogen) atoms. The van der Waals surface area contributed by atoms with Crippen LogP contribution in [0.1, 0.15) is 21.2 Å². The molecule has 0 radical (unpaired) electrons. The van der Waals surface area contributed by atoms with Crippen LogP contribution in [0, 0.1) is 0 Å². The molecule has 0 N–H and O–H groups in total. The molecule has 1 aromatic carbocycles. The lowest BCUT2D eigenvalue weighted by atomic mass is 10.1. The molecule has 1 atom stereocenters. The maximum absolute atomic E-state index is 11.5. The van der Waals surface area contributed by atoms with Gasteiger partial charge in [-0.3, -0.25) is 4.79 Å². The Balaban J connectivity index is 2.34. The summed E-state index contributed by atoms with van der Waals surface area (Å²) in [6.45, 7) is 0. The van der Waals surface area contributed by atoms with E-state index in [1.807, 2.05) is 24.3 Å². The van der Waals surface area contributed by atoms with Crippen molar-refractivity contribution in [2.75, 3.05) is 7.11 Å². The van der Waals surface area contributed by atoms with Crippen LogP contribution in [-0.2, 0) is 4.84 Å². The third-order valence-corrected chi connectivity index (χ3v) is 3.09. The number of oxime groups is 1. The third kappa shape index (κ3) is 1.53. The molecule has 0 spiro atoms. The number of thioether (sulfide) groups is 1. The van der Waals surface area contributed by atoms with E-state index in [0.29, 0.717) is 0 Å². The van der Waals surface area contributed by atoms with Crippen molar-refractivity contribution in [2.24, 2.45) is 5.16 Å². The van der Waals surface area contributed by atoms with Crippen LogP contribution in [-0.4, -0.2) is 18.4 Å². The molecule has 1 aliphatic heterocycles. The summed E-state index contributed by atoms with van der Waals surface area (Å²) < 4.78 is 0. The second kappa shape index (κ2) is 3.84. The molecule has 1 aliphatic rings. The van der Waals surface area contributed by atoms with E-state index in [1.165, 1.54) is 18.9 Å². The molecular weight excluding hydrogens is 198 g/mol. The summed E-state index contributed by atoms with van der Waals surface area (Å²) in [6.07, 6.45) is 1.65. The number of fused-ring (bicyclic) bond motifs is 1. The van der Waals surface area contributed by atoms with Gasteiger partial charge in [0.2, 0.25) is 5.12 Å². The Bertz CT molecular complexity index is 389. The summed E-state index contributed by atoms with van der Waals surface area (Å²) in [5, 5.41) is 3.79. The molecule has 0 aliphatic carbocycles. The summed E-state index contributed by atoms with van der Waals surface area (Å²) in [5.41, 5.74) is 1.80. The first-order valence-corrected chi connectivity index (χ1v) is 5.07. The molecule has 2 rings (SSSR count). The standard InChI is InChI=1S/C10H9NO2S/c1-13-11-6-9-7-4-2-3-5-8(7)10(12)14-9/h2-6,9H,1H3/b11-6-/t9-/m0/s1. The van der Waals surface area contributed by atoms with Crippen molar-refractivity contribution in [1.29, 1.82) is 0 Å². The van der Waals surface area contributed by atoms with Crippen molar-refractivity contribution in [3.63, 3.8) is 0 Å². The fraction of sp³-hybridized carbons (Fsp3) is 0.200. The summed E-state index contributed by atoms with van der Waals surface area (Å²) in [4.78, 5) is 16.1. The summed E-state index contributed by atoms with van der Waals surface area (Å²) >= 11 is 1.27. The van der Waals surface area contributed by atoms with E-state index in [0.717, 1.165) is 11.1 Å². The van der Waals surface area contributed by atoms with E-state index in [1.54, 1.807) is 6.21 Å². The predicted molar refractivity (Wildman–Crippen MR) is 56.6 cm³/mol. The number of hydrogen-bond donors (Lipinski definition) is 0. The van der Waals surface area contributed by atoms with Crippen LogP contribution < -0.4 is 0 Å². The number of benzene rings is 1. The maximum atomic E-state index is 11.5.